The highest BCUT2D eigenvalue weighted by Crippen LogP contribution is 2.18. The van der Waals surface area contributed by atoms with E-state index in [0.29, 0.717) is 6.61 Å². The monoisotopic (exact) mass is 258 g/mol. The zero-order valence-corrected chi connectivity index (χ0v) is 11.6. The molecule has 1 unspecified atom stereocenters. The lowest BCUT2D eigenvalue weighted by Gasteiger charge is -2.30. The molecule has 1 aliphatic rings. The molecule has 0 bridgehead atoms. The van der Waals surface area contributed by atoms with E-state index in [1.807, 2.05) is 19.1 Å². The normalized spacial score (nSPS) is 17.7. The quantitative estimate of drug-likeness (QED) is 0.814. The Hall–Kier alpha value is -1.53. The zero-order chi connectivity index (χ0) is 13.5. The van der Waals surface area contributed by atoms with E-state index >= 15 is 0 Å². The molecule has 1 atom stereocenters. The second kappa shape index (κ2) is 7.16. The third kappa shape index (κ3) is 3.97. The number of piperidine rings is 1. The molecule has 0 saturated carbocycles. The average molecular weight is 258 g/mol. The SMILES string of the molecule is CCOc1cccc(CC(C#N)N2CCCCC2)c1. The van der Waals surface area contributed by atoms with Crippen LogP contribution in [0.15, 0.2) is 24.3 Å². The summed E-state index contributed by atoms with van der Waals surface area (Å²) in [5.41, 5.74) is 1.18. The number of hydrogen-bond donors (Lipinski definition) is 0. The van der Waals surface area contributed by atoms with Crippen LogP contribution < -0.4 is 4.74 Å². The number of nitrogens with zero attached hydrogens (tertiary/aromatic N) is 2. The molecule has 3 heteroatoms. The minimum atomic E-state index is -0.00261. The molecule has 102 valence electrons. The van der Waals surface area contributed by atoms with E-state index in [9.17, 15) is 5.26 Å². The van der Waals surface area contributed by atoms with Crippen LogP contribution in [-0.4, -0.2) is 30.6 Å². The van der Waals surface area contributed by atoms with Gasteiger partial charge in [0, 0.05) is 6.42 Å². The predicted octanol–water partition coefficient (Wildman–Crippen LogP) is 3.01. The van der Waals surface area contributed by atoms with Crippen molar-refractivity contribution in [2.75, 3.05) is 19.7 Å². The van der Waals surface area contributed by atoms with Gasteiger partial charge >= 0.3 is 0 Å². The van der Waals surface area contributed by atoms with Gasteiger partial charge in [0.1, 0.15) is 11.8 Å². The summed E-state index contributed by atoms with van der Waals surface area (Å²) in [7, 11) is 0. The molecule has 1 saturated heterocycles. The van der Waals surface area contributed by atoms with E-state index in [1.165, 1.54) is 24.8 Å². The topological polar surface area (TPSA) is 36.3 Å². The summed E-state index contributed by atoms with van der Waals surface area (Å²) in [6, 6.07) is 10.6. The van der Waals surface area contributed by atoms with Crippen molar-refractivity contribution in [3.8, 4) is 11.8 Å². The molecule has 0 aromatic heterocycles. The summed E-state index contributed by atoms with van der Waals surface area (Å²) in [6.07, 6.45) is 4.53. The van der Waals surface area contributed by atoms with E-state index in [2.05, 4.69) is 23.1 Å². The number of ether oxygens (including phenoxy) is 1. The fourth-order valence-electron chi connectivity index (χ4n) is 2.64. The van der Waals surface area contributed by atoms with Gasteiger partial charge in [0.25, 0.3) is 0 Å². The molecule has 19 heavy (non-hydrogen) atoms. The van der Waals surface area contributed by atoms with Gasteiger partial charge in [-0.25, -0.2) is 0 Å². The smallest absolute Gasteiger partial charge is 0.119 e. The van der Waals surface area contributed by atoms with Gasteiger partial charge in [-0.15, -0.1) is 0 Å². The molecule has 1 aromatic carbocycles. The van der Waals surface area contributed by atoms with Crippen LogP contribution in [0.5, 0.6) is 5.75 Å². The van der Waals surface area contributed by atoms with Gasteiger partial charge in [0.2, 0.25) is 0 Å². The average Bonchev–Trinajstić information content (AvgIpc) is 2.46. The molecule has 2 rings (SSSR count). The lowest BCUT2D eigenvalue weighted by Crippen LogP contribution is -2.39. The summed E-state index contributed by atoms with van der Waals surface area (Å²) < 4.78 is 5.51. The van der Waals surface area contributed by atoms with Crippen molar-refractivity contribution >= 4 is 0 Å². The summed E-state index contributed by atoms with van der Waals surface area (Å²) in [4.78, 5) is 2.32. The molecular formula is C16H22N2O. The number of hydrogen-bond acceptors (Lipinski definition) is 3. The van der Waals surface area contributed by atoms with Gasteiger partial charge in [-0.1, -0.05) is 18.6 Å². The number of likely N-dealkylation sites (tertiary alicyclic amines) is 1. The van der Waals surface area contributed by atoms with Crippen molar-refractivity contribution in [1.82, 2.24) is 4.90 Å². The van der Waals surface area contributed by atoms with Gasteiger partial charge in [0.15, 0.2) is 0 Å². The van der Waals surface area contributed by atoms with Crippen molar-refractivity contribution in [3.63, 3.8) is 0 Å². The maximum atomic E-state index is 9.39. The van der Waals surface area contributed by atoms with Gasteiger partial charge in [-0.05, 0) is 50.6 Å². The number of rotatable bonds is 5. The molecule has 1 aliphatic heterocycles. The second-order valence-electron chi connectivity index (χ2n) is 5.03. The fourth-order valence-corrected chi connectivity index (χ4v) is 2.64. The Balaban J connectivity index is 2.01. The third-order valence-electron chi connectivity index (χ3n) is 3.62. The van der Waals surface area contributed by atoms with E-state index in [4.69, 9.17) is 4.74 Å². The van der Waals surface area contributed by atoms with Crippen LogP contribution in [0.1, 0.15) is 31.7 Å². The molecule has 1 fully saturated rings. The maximum Gasteiger partial charge on any atom is 0.119 e. The first-order valence-electron chi connectivity index (χ1n) is 7.19. The molecule has 1 aromatic rings. The van der Waals surface area contributed by atoms with Crippen LogP contribution in [0.4, 0.5) is 0 Å². The molecule has 1 heterocycles. The van der Waals surface area contributed by atoms with E-state index in [-0.39, 0.29) is 6.04 Å². The highest BCUT2D eigenvalue weighted by molar-refractivity contribution is 5.29. The Morgan fingerprint density at radius 1 is 1.32 bits per heavy atom. The first-order valence-corrected chi connectivity index (χ1v) is 7.19. The summed E-state index contributed by atoms with van der Waals surface area (Å²) in [5, 5.41) is 9.39. The van der Waals surface area contributed by atoms with Gasteiger partial charge < -0.3 is 4.74 Å². The van der Waals surface area contributed by atoms with Crippen molar-refractivity contribution in [1.29, 1.82) is 5.26 Å². The summed E-state index contributed by atoms with van der Waals surface area (Å²) >= 11 is 0. The third-order valence-corrected chi connectivity index (χ3v) is 3.62. The lowest BCUT2D eigenvalue weighted by atomic mass is 10.0. The van der Waals surface area contributed by atoms with Crippen LogP contribution in [0.25, 0.3) is 0 Å². The number of benzene rings is 1. The van der Waals surface area contributed by atoms with Crippen LogP contribution >= 0.6 is 0 Å². The summed E-state index contributed by atoms with van der Waals surface area (Å²) in [6.45, 7) is 4.78. The molecule has 3 nitrogen and oxygen atoms in total. The van der Waals surface area contributed by atoms with Crippen LogP contribution in [0.2, 0.25) is 0 Å². The van der Waals surface area contributed by atoms with Gasteiger partial charge in [-0.3, -0.25) is 4.90 Å². The zero-order valence-electron chi connectivity index (χ0n) is 11.6. The summed E-state index contributed by atoms with van der Waals surface area (Å²) in [5.74, 6) is 0.898. The van der Waals surface area contributed by atoms with Crippen molar-refractivity contribution in [3.05, 3.63) is 29.8 Å². The minimum Gasteiger partial charge on any atom is -0.494 e. The first-order chi connectivity index (χ1) is 9.33. The Morgan fingerprint density at radius 3 is 2.79 bits per heavy atom. The van der Waals surface area contributed by atoms with E-state index in [0.717, 1.165) is 25.3 Å². The molecular weight excluding hydrogens is 236 g/mol. The largest absolute Gasteiger partial charge is 0.494 e. The second-order valence-corrected chi connectivity index (χ2v) is 5.03. The van der Waals surface area contributed by atoms with Crippen LogP contribution in [-0.2, 0) is 6.42 Å². The Morgan fingerprint density at radius 2 is 2.11 bits per heavy atom. The fraction of sp³-hybridized carbons (Fsp3) is 0.562. The van der Waals surface area contributed by atoms with E-state index < -0.39 is 0 Å². The Kier molecular flexibility index (Phi) is 5.23. The van der Waals surface area contributed by atoms with E-state index in [1.54, 1.807) is 0 Å². The molecule has 0 amide bonds. The van der Waals surface area contributed by atoms with Crippen molar-refractivity contribution < 1.29 is 4.74 Å². The Bertz CT molecular complexity index is 433. The van der Waals surface area contributed by atoms with Crippen molar-refractivity contribution in [2.45, 2.75) is 38.6 Å². The highest BCUT2D eigenvalue weighted by atomic mass is 16.5. The predicted molar refractivity (Wildman–Crippen MR) is 76.1 cm³/mol. The lowest BCUT2D eigenvalue weighted by molar-refractivity contribution is 0.194. The molecule has 0 radical (unpaired) electrons. The minimum absolute atomic E-state index is 0.00261. The molecule has 0 spiro atoms. The molecule has 0 N–H and O–H groups in total. The van der Waals surface area contributed by atoms with Crippen LogP contribution in [0.3, 0.4) is 0 Å². The first kappa shape index (κ1) is 13.9. The van der Waals surface area contributed by atoms with Gasteiger partial charge in [-0.2, -0.15) is 5.26 Å². The number of nitriles is 1. The van der Waals surface area contributed by atoms with Crippen molar-refractivity contribution in [2.24, 2.45) is 0 Å². The molecule has 0 aliphatic carbocycles. The maximum absolute atomic E-state index is 9.39. The van der Waals surface area contributed by atoms with Crippen LogP contribution in [0, 0.1) is 11.3 Å². The standard InChI is InChI=1S/C16H22N2O/c1-2-19-16-8-6-7-14(12-16)11-15(13-17)18-9-4-3-5-10-18/h6-8,12,15H,2-5,9-11H2,1H3. The Labute approximate surface area is 115 Å². The highest BCUT2D eigenvalue weighted by Gasteiger charge is 2.20. The van der Waals surface area contributed by atoms with Gasteiger partial charge in [0.05, 0.1) is 12.7 Å².